The number of nitrogens with zero attached hydrogens (tertiary/aromatic N) is 3. The molecule has 1 N–H and O–H groups in total. The first-order valence-corrected chi connectivity index (χ1v) is 6.10. The first kappa shape index (κ1) is 12.6. The number of aromatic nitrogens is 2. The third kappa shape index (κ3) is 2.23. The lowest BCUT2D eigenvalue weighted by Gasteiger charge is -2.13. The fraction of sp³-hybridized carbons (Fsp3) is 0.583. The van der Waals surface area contributed by atoms with Crippen LogP contribution in [0.15, 0.2) is 12.4 Å². The molecule has 6 heteroatoms. The van der Waals surface area contributed by atoms with Crippen molar-refractivity contribution in [2.24, 2.45) is 5.92 Å². The maximum atomic E-state index is 11.8. The lowest BCUT2D eigenvalue weighted by molar-refractivity contribution is -0.141. The molecule has 1 aromatic rings. The quantitative estimate of drug-likeness (QED) is 0.875. The summed E-state index contributed by atoms with van der Waals surface area (Å²) in [6.07, 6.45) is 4.45. The van der Waals surface area contributed by atoms with Gasteiger partial charge in [0, 0.05) is 25.2 Å². The minimum Gasteiger partial charge on any atom is -0.481 e. The molecule has 0 radical (unpaired) electrons. The van der Waals surface area contributed by atoms with Crippen LogP contribution < -0.4 is 4.90 Å². The van der Waals surface area contributed by atoms with Crippen molar-refractivity contribution in [2.75, 3.05) is 11.4 Å². The van der Waals surface area contributed by atoms with E-state index in [1.165, 1.54) is 4.90 Å². The molecule has 1 saturated heterocycles. The van der Waals surface area contributed by atoms with Crippen molar-refractivity contribution in [2.45, 2.75) is 32.7 Å². The van der Waals surface area contributed by atoms with Gasteiger partial charge >= 0.3 is 5.97 Å². The summed E-state index contributed by atoms with van der Waals surface area (Å²) in [6, 6.07) is 0.270. The SMILES string of the molecule is CC[C@H](C)n1cc(N2C[C@H](C(=O)O)CC2=O)cn1. The molecule has 0 aromatic carbocycles. The summed E-state index contributed by atoms with van der Waals surface area (Å²) in [5.74, 6) is -1.67. The molecule has 98 valence electrons. The van der Waals surface area contributed by atoms with Crippen LogP contribution in [0, 0.1) is 5.92 Å². The van der Waals surface area contributed by atoms with Crippen molar-refractivity contribution < 1.29 is 14.7 Å². The van der Waals surface area contributed by atoms with E-state index in [1.807, 2.05) is 6.92 Å². The molecule has 1 aliphatic rings. The Bertz CT molecular complexity index is 469. The van der Waals surface area contributed by atoms with Crippen LogP contribution in [-0.2, 0) is 9.59 Å². The summed E-state index contributed by atoms with van der Waals surface area (Å²) in [4.78, 5) is 24.2. The Morgan fingerprint density at radius 3 is 2.94 bits per heavy atom. The predicted molar refractivity (Wildman–Crippen MR) is 65.3 cm³/mol. The van der Waals surface area contributed by atoms with E-state index in [-0.39, 0.29) is 24.9 Å². The monoisotopic (exact) mass is 251 g/mol. The zero-order valence-electron chi connectivity index (χ0n) is 10.5. The molecule has 1 aliphatic heterocycles. The number of carboxylic acids is 1. The highest BCUT2D eigenvalue weighted by molar-refractivity contribution is 5.98. The number of hydrogen-bond donors (Lipinski definition) is 1. The van der Waals surface area contributed by atoms with E-state index in [4.69, 9.17) is 5.11 Å². The summed E-state index contributed by atoms with van der Waals surface area (Å²) >= 11 is 0. The highest BCUT2D eigenvalue weighted by Crippen LogP contribution is 2.25. The highest BCUT2D eigenvalue weighted by Gasteiger charge is 2.35. The van der Waals surface area contributed by atoms with Crippen LogP contribution in [0.4, 0.5) is 5.69 Å². The van der Waals surface area contributed by atoms with Crippen LogP contribution in [0.3, 0.4) is 0 Å². The smallest absolute Gasteiger partial charge is 0.308 e. The largest absolute Gasteiger partial charge is 0.481 e. The first-order valence-electron chi connectivity index (χ1n) is 6.10. The fourth-order valence-electron chi connectivity index (χ4n) is 2.02. The molecule has 1 amide bonds. The van der Waals surface area contributed by atoms with Crippen LogP contribution in [0.25, 0.3) is 0 Å². The van der Waals surface area contributed by atoms with Crippen molar-refractivity contribution in [1.82, 2.24) is 9.78 Å². The Hall–Kier alpha value is -1.85. The van der Waals surface area contributed by atoms with Crippen molar-refractivity contribution in [3.05, 3.63) is 12.4 Å². The number of amides is 1. The maximum absolute atomic E-state index is 11.8. The molecule has 0 saturated carbocycles. The lowest BCUT2D eigenvalue weighted by atomic mass is 10.1. The van der Waals surface area contributed by atoms with Gasteiger partial charge in [-0.15, -0.1) is 0 Å². The van der Waals surface area contributed by atoms with Gasteiger partial charge < -0.3 is 10.0 Å². The second-order valence-electron chi connectivity index (χ2n) is 4.68. The summed E-state index contributed by atoms with van der Waals surface area (Å²) in [6.45, 7) is 4.34. The van der Waals surface area contributed by atoms with Crippen molar-refractivity contribution in [3.63, 3.8) is 0 Å². The van der Waals surface area contributed by atoms with Gasteiger partial charge in [0.15, 0.2) is 0 Å². The Balaban J connectivity index is 2.15. The van der Waals surface area contributed by atoms with Gasteiger partial charge in [-0.2, -0.15) is 5.10 Å². The third-order valence-corrected chi connectivity index (χ3v) is 3.42. The zero-order chi connectivity index (χ0) is 13.3. The average molecular weight is 251 g/mol. The van der Waals surface area contributed by atoms with Crippen LogP contribution in [0.2, 0.25) is 0 Å². The molecule has 0 bridgehead atoms. The standard InChI is InChI=1S/C12H17N3O3/c1-3-8(2)15-7-10(5-13-15)14-6-9(12(17)18)4-11(14)16/h5,7-9H,3-4,6H2,1-2H3,(H,17,18)/t8-,9+/m0/s1. The minimum absolute atomic E-state index is 0.0733. The lowest BCUT2D eigenvalue weighted by Crippen LogP contribution is -2.25. The van der Waals surface area contributed by atoms with Gasteiger partial charge in [-0.05, 0) is 13.3 Å². The average Bonchev–Trinajstić information content (AvgIpc) is 2.94. The van der Waals surface area contributed by atoms with Crippen molar-refractivity contribution >= 4 is 17.6 Å². The molecule has 6 nitrogen and oxygen atoms in total. The van der Waals surface area contributed by atoms with E-state index >= 15 is 0 Å². The maximum Gasteiger partial charge on any atom is 0.308 e. The van der Waals surface area contributed by atoms with Gasteiger partial charge in [-0.3, -0.25) is 14.3 Å². The number of anilines is 1. The topological polar surface area (TPSA) is 75.4 Å². The minimum atomic E-state index is -0.917. The van der Waals surface area contributed by atoms with Crippen molar-refractivity contribution in [1.29, 1.82) is 0 Å². The van der Waals surface area contributed by atoms with E-state index in [0.717, 1.165) is 6.42 Å². The van der Waals surface area contributed by atoms with Crippen LogP contribution in [-0.4, -0.2) is 33.3 Å². The van der Waals surface area contributed by atoms with Gasteiger partial charge in [-0.25, -0.2) is 0 Å². The van der Waals surface area contributed by atoms with Gasteiger partial charge in [-0.1, -0.05) is 6.92 Å². The summed E-state index contributed by atoms with van der Waals surface area (Å²) < 4.78 is 1.80. The summed E-state index contributed by atoms with van der Waals surface area (Å²) in [5.41, 5.74) is 0.684. The van der Waals surface area contributed by atoms with Crippen LogP contribution in [0.1, 0.15) is 32.7 Å². The number of hydrogen-bond acceptors (Lipinski definition) is 3. The molecule has 2 rings (SSSR count). The van der Waals surface area contributed by atoms with Crippen LogP contribution in [0.5, 0.6) is 0 Å². The predicted octanol–water partition coefficient (Wildman–Crippen LogP) is 1.29. The number of carbonyl (C=O) groups is 2. The number of carboxylic acid groups (broad SMARTS) is 1. The van der Waals surface area contributed by atoms with Gasteiger partial charge in [0.2, 0.25) is 5.91 Å². The normalized spacial score (nSPS) is 21.3. The zero-order valence-corrected chi connectivity index (χ0v) is 10.5. The van der Waals surface area contributed by atoms with Gasteiger partial charge in [0.05, 0.1) is 17.8 Å². The molecule has 1 aromatic heterocycles. The first-order chi connectivity index (χ1) is 8.52. The van der Waals surface area contributed by atoms with Crippen molar-refractivity contribution in [3.8, 4) is 0 Å². The van der Waals surface area contributed by atoms with Crippen LogP contribution >= 0.6 is 0 Å². The molecule has 18 heavy (non-hydrogen) atoms. The molecule has 0 aliphatic carbocycles. The number of carbonyl (C=O) groups excluding carboxylic acids is 1. The Morgan fingerprint density at radius 1 is 1.67 bits per heavy atom. The molecule has 2 atom stereocenters. The van der Waals surface area contributed by atoms with E-state index in [2.05, 4.69) is 12.0 Å². The van der Waals surface area contributed by atoms with E-state index < -0.39 is 11.9 Å². The molecule has 0 spiro atoms. The molecular formula is C12H17N3O3. The van der Waals surface area contributed by atoms with Gasteiger partial charge in [0.25, 0.3) is 0 Å². The third-order valence-electron chi connectivity index (χ3n) is 3.42. The molecule has 1 fully saturated rings. The second kappa shape index (κ2) is 4.80. The number of rotatable bonds is 4. The summed E-state index contributed by atoms with van der Waals surface area (Å²) in [5, 5.41) is 13.1. The highest BCUT2D eigenvalue weighted by atomic mass is 16.4. The molecule has 2 heterocycles. The Morgan fingerprint density at radius 2 is 2.39 bits per heavy atom. The van der Waals surface area contributed by atoms with E-state index in [1.54, 1.807) is 17.1 Å². The van der Waals surface area contributed by atoms with E-state index in [0.29, 0.717) is 5.69 Å². The number of aliphatic carboxylic acids is 1. The molecular weight excluding hydrogens is 234 g/mol. The fourth-order valence-corrected chi connectivity index (χ4v) is 2.02. The van der Waals surface area contributed by atoms with Gasteiger partial charge in [0.1, 0.15) is 0 Å². The Kier molecular flexibility index (Phi) is 3.36. The molecule has 0 unspecified atom stereocenters. The second-order valence-corrected chi connectivity index (χ2v) is 4.68. The van der Waals surface area contributed by atoms with E-state index in [9.17, 15) is 9.59 Å². The summed E-state index contributed by atoms with van der Waals surface area (Å²) in [7, 11) is 0. The Labute approximate surface area is 105 Å².